The maximum atomic E-state index is 13.3. The number of rotatable bonds is 4. The fraction of sp³-hybridized carbons (Fsp3) is 0.273. The first-order valence-corrected chi connectivity index (χ1v) is 5.48. The Balaban J connectivity index is 2.60. The van der Waals surface area contributed by atoms with E-state index in [9.17, 15) is 4.39 Å². The Morgan fingerprint density at radius 1 is 1.59 bits per heavy atom. The van der Waals surface area contributed by atoms with Gasteiger partial charge in [0.15, 0.2) is 16.7 Å². The van der Waals surface area contributed by atoms with Gasteiger partial charge in [0.25, 0.3) is 0 Å². The van der Waals surface area contributed by atoms with Gasteiger partial charge in [0, 0.05) is 6.54 Å². The lowest BCUT2D eigenvalue weighted by atomic mass is 10.2. The van der Waals surface area contributed by atoms with E-state index in [2.05, 4.69) is 15.8 Å². The summed E-state index contributed by atoms with van der Waals surface area (Å²) in [5.74, 6) is -0.219. The van der Waals surface area contributed by atoms with Crippen LogP contribution in [-0.2, 0) is 0 Å². The summed E-state index contributed by atoms with van der Waals surface area (Å²) in [7, 11) is 1.42. The van der Waals surface area contributed by atoms with Crippen LogP contribution < -0.4 is 15.5 Å². The van der Waals surface area contributed by atoms with Crippen LogP contribution in [0, 0.1) is 5.82 Å². The summed E-state index contributed by atoms with van der Waals surface area (Å²) in [6.07, 6.45) is 1.48. The van der Waals surface area contributed by atoms with E-state index in [1.54, 1.807) is 12.1 Å². The van der Waals surface area contributed by atoms with E-state index in [4.69, 9.17) is 17.0 Å². The Morgan fingerprint density at radius 2 is 2.35 bits per heavy atom. The van der Waals surface area contributed by atoms with E-state index >= 15 is 0 Å². The zero-order valence-corrected chi connectivity index (χ0v) is 10.5. The number of nitrogens with zero attached hydrogens (tertiary/aromatic N) is 1. The summed E-state index contributed by atoms with van der Waals surface area (Å²) in [5.41, 5.74) is 3.24. The molecule has 0 radical (unpaired) electrons. The van der Waals surface area contributed by atoms with E-state index in [-0.39, 0.29) is 5.75 Å². The molecule has 0 bridgehead atoms. The van der Waals surface area contributed by atoms with E-state index in [0.717, 1.165) is 6.54 Å². The Morgan fingerprint density at radius 3 is 2.94 bits per heavy atom. The van der Waals surface area contributed by atoms with Gasteiger partial charge in [0.05, 0.1) is 13.3 Å². The van der Waals surface area contributed by atoms with E-state index in [1.165, 1.54) is 19.4 Å². The van der Waals surface area contributed by atoms with Crippen LogP contribution in [0.1, 0.15) is 12.5 Å². The molecular weight excluding hydrogens is 241 g/mol. The maximum absolute atomic E-state index is 13.3. The smallest absolute Gasteiger partial charge is 0.186 e. The molecule has 6 heteroatoms. The average molecular weight is 255 g/mol. The number of ether oxygens (including phenoxy) is 1. The highest BCUT2D eigenvalue weighted by atomic mass is 32.1. The molecule has 0 saturated carbocycles. The second kappa shape index (κ2) is 6.80. The molecule has 92 valence electrons. The number of hydrazone groups is 1. The SMILES string of the molecule is CCNC(=S)N/N=C\c1ccc(OC)c(F)c1. The summed E-state index contributed by atoms with van der Waals surface area (Å²) >= 11 is 4.90. The average Bonchev–Trinajstić information content (AvgIpc) is 2.29. The van der Waals surface area contributed by atoms with Gasteiger partial charge in [-0.15, -0.1) is 0 Å². The van der Waals surface area contributed by atoms with Gasteiger partial charge in [-0.05, 0) is 42.9 Å². The molecule has 0 fully saturated rings. The minimum absolute atomic E-state index is 0.207. The molecule has 0 unspecified atom stereocenters. The predicted octanol–water partition coefficient (Wildman–Crippen LogP) is 1.65. The van der Waals surface area contributed by atoms with Crippen molar-refractivity contribution in [2.75, 3.05) is 13.7 Å². The maximum Gasteiger partial charge on any atom is 0.186 e. The molecule has 0 saturated heterocycles. The molecule has 1 aromatic rings. The first-order chi connectivity index (χ1) is 8.17. The zero-order chi connectivity index (χ0) is 12.7. The Hall–Kier alpha value is -1.69. The molecule has 1 aromatic carbocycles. The Labute approximate surface area is 105 Å². The zero-order valence-electron chi connectivity index (χ0n) is 9.66. The highest BCUT2D eigenvalue weighted by molar-refractivity contribution is 7.80. The molecule has 0 atom stereocenters. The van der Waals surface area contributed by atoms with Crippen LogP contribution in [0.15, 0.2) is 23.3 Å². The van der Waals surface area contributed by atoms with Crippen LogP contribution in [0.25, 0.3) is 0 Å². The van der Waals surface area contributed by atoms with Gasteiger partial charge < -0.3 is 10.1 Å². The highest BCUT2D eigenvalue weighted by Gasteiger charge is 2.01. The summed E-state index contributed by atoms with van der Waals surface area (Å²) < 4.78 is 18.1. The van der Waals surface area contributed by atoms with Gasteiger partial charge in [-0.3, -0.25) is 5.43 Å². The third-order valence-corrected chi connectivity index (χ3v) is 2.13. The van der Waals surface area contributed by atoms with Crippen molar-refractivity contribution < 1.29 is 9.13 Å². The van der Waals surface area contributed by atoms with Crippen LogP contribution in [-0.4, -0.2) is 25.0 Å². The first-order valence-electron chi connectivity index (χ1n) is 5.07. The van der Waals surface area contributed by atoms with Crippen molar-refractivity contribution >= 4 is 23.5 Å². The monoisotopic (exact) mass is 255 g/mol. The summed E-state index contributed by atoms with van der Waals surface area (Å²) in [5, 5.41) is 7.17. The van der Waals surface area contributed by atoms with Gasteiger partial charge in [-0.25, -0.2) is 4.39 Å². The second-order valence-corrected chi connectivity index (χ2v) is 3.53. The van der Waals surface area contributed by atoms with E-state index in [0.29, 0.717) is 10.7 Å². The standard InChI is InChI=1S/C11H14FN3OS/c1-3-13-11(17)15-14-7-8-4-5-10(16-2)9(12)6-8/h4-7H,3H2,1-2H3,(H2,13,15,17)/b14-7-. The van der Waals surface area contributed by atoms with Crippen molar-refractivity contribution in [3.05, 3.63) is 29.6 Å². The number of methoxy groups -OCH3 is 1. The molecular formula is C11H14FN3OS. The van der Waals surface area contributed by atoms with Crippen molar-refractivity contribution in [3.8, 4) is 5.75 Å². The van der Waals surface area contributed by atoms with E-state index < -0.39 is 5.82 Å². The Bertz CT molecular complexity index is 423. The lowest BCUT2D eigenvalue weighted by molar-refractivity contribution is 0.386. The minimum Gasteiger partial charge on any atom is -0.494 e. The Kier molecular flexibility index (Phi) is 5.35. The fourth-order valence-electron chi connectivity index (χ4n) is 1.13. The largest absolute Gasteiger partial charge is 0.494 e. The molecule has 0 aromatic heterocycles. The molecule has 1 rings (SSSR count). The highest BCUT2D eigenvalue weighted by Crippen LogP contribution is 2.16. The third kappa shape index (κ3) is 4.36. The molecule has 4 nitrogen and oxygen atoms in total. The van der Waals surface area contributed by atoms with Crippen molar-refractivity contribution in [2.24, 2.45) is 5.10 Å². The second-order valence-electron chi connectivity index (χ2n) is 3.12. The minimum atomic E-state index is -0.425. The lowest BCUT2D eigenvalue weighted by Crippen LogP contribution is -2.31. The third-order valence-electron chi connectivity index (χ3n) is 1.89. The fourth-order valence-corrected chi connectivity index (χ4v) is 1.33. The molecule has 0 aliphatic carbocycles. The van der Waals surface area contributed by atoms with Gasteiger partial charge in [0.2, 0.25) is 0 Å². The summed E-state index contributed by atoms with van der Waals surface area (Å²) in [6, 6.07) is 4.57. The van der Waals surface area contributed by atoms with Gasteiger partial charge >= 0.3 is 0 Å². The lowest BCUT2D eigenvalue weighted by Gasteiger charge is -2.03. The number of nitrogens with one attached hydrogen (secondary N) is 2. The number of halogens is 1. The number of thiocarbonyl (C=S) groups is 1. The van der Waals surface area contributed by atoms with Crippen LogP contribution in [0.4, 0.5) is 4.39 Å². The van der Waals surface area contributed by atoms with Crippen molar-refractivity contribution in [1.82, 2.24) is 10.7 Å². The molecule has 2 N–H and O–H groups in total. The van der Waals surface area contributed by atoms with Crippen molar-refractivity contribution in [1.29, 1.82) is 0 Å². The van der Waals surface area contributed by atoms with Crippen molar-refractivity contribution in [3.63, 3.8) is 0 Å². The predicted molar refractivity (Wildman–Crippen MR) is 70.0 cm³/mol. The van der Waals surface area contributed by atoms with Gasteiger partial charge in [0.1, 0.15) is 0 Å². The molecule has 0 spiro atoms. The van der Waals surface area contributed by atoms with E-state index in [1.807, 2.05) is 6.92 Å². The number of benzene rings is 1. The topological polar surface area (TPSA) is 45.7 Å². The van der Waals surface area contributed by atoms with Crippen molar-refractivity contribution in [2.45, 2.75) is 6.92 Å². The normalized spacial score (nSPS) is 10.3. The molecule has 0 amide bonds. The van der Waals surface area contributed by atoms with Crippen LogP contribution in [0.3, 0.4) is 0 Å². The van der Waals surface area contributed by atoms with Crippen LogP contribution >= 0.6 is 12.2 Å². The molecule has 0 heterocycles. The van der Waals surface area contributed by atoms with Crippen LogP contribution in [0.5, 0.6) is 5.75 Å². The van der Waals surface area contributed by atoms with Gasteiger partial charge in [-0.2, -0.15) is 5.10 Å². The van der Waals surface area contributed by atoms with Gasteiger partial charge in [-0.1, -0.05) is 0 Å². The number of hydrogen-bond donors (Lipinski definition) is 2. The summed E-state index contributed by atoms with van der Waals surface area (Å²) in [4.78, 5) is 0. The quantitative estimate of drug-likeness (QED) is 0.488. The number of hydrogen-bond acceptors (Lipinski definition) is 3. The first kappa shape index (κ1) is 13.4. The molecule has 0 aliphatic heterocycles. The molecule has 17 heavy (non-hydrogen) atoms. The van der Waals surface area contributed by atoms with Crippen LogP contribution in [0.2, 0.25) is 0 Å². The molecule has 0 aliphatic rings. The summed E-state index contributed by atoms with van der Waals surface area (Å²) in [6.45, 7) is 2.65.